The van der Waals surface area contributed by atoms with Crippen LogP contribution in [0.5, 0.6) is 0 Å². The molecule has 1 fully saturated rings. The average molecular weight is 295 g/mol. The summed E-state index contributed by atoms with van der Waals surface area (Å²) in [5, 5.41) is 0.247. The molecule has 20 heavy (non-hydrogen) atoms. The lowest BCUT2D eigenvalue weighted by Gasteiger charge is -2.30. The highest BCUT2D eigenvalue weighted by Gasteiger charge is 2.32. The Morgan fingerprint density at radius 3 is 2.85 bits per heavy atom. The number of rotatable bonds is 2. The van der Waals surface area contributed by atoms with E-state index < -0.39 is 0 Å². The van der Waals surface area contributed by atoms with Crippen LogP contribution in [0.25, 0.3) is 0 Å². The highest BCUT2D eigenvalue weighted by Crippen LogP contribution is 2.36. The van der Waals surface area contributed by atoms with Crippen LogP contribution in [0.4, 0.5) is 11.5 Å². The molecule has 0 bridgehead atoms. The smallest absolute Gasteiger partial charge is 0.228 e. The maximum atomic E-state index is 12.3. The Kier molecular flexibility index (Phi) is 3.78. The maximum absolute atomic E-state index is 12.3. The molecule has 1 amide bonds. The van der Waals surface area contributed by atoms with Crippen molar-refractivity contribution in [3.8, 4) is 0 Å². The van der Waals surface area contributed by atoms with Crippen LogP contribution in [0.1, 0.15) is 39.0 Å². The van der Waals surface area contributed by atoms with E-state index in [0.29, 0.717) is 19.0 Å². The van der Waals surface area contributed by atoms with Gasteiger partial charge >= 0.3 is 0 Å². The maximum Gasteiger partial charge on any atom is 0.228 e. The van der Waals surface area contributed by atoms with Crippen molar-refractivity contribution >= 4 is 29.0 Å². The average Bonchev–Trinajstić information content (AvgIpc) is 2.91. The van der Waals surface area contributed by atoms with Crippen LogP contribution < -0.4 is 9.80 Å². The molecular formula is C14H19ClN4O. The summed E-state index contributed by atoms with van der Waals surface area (Å²) < 4.78 is 0. The van der Waals surface area contributed by atoms with Crippen LogP contribution in [0, 0.1) is 0 Å². The van der Waals surface area contributed by atoms with Gasteiger partial charge in [-0.05, 0) is 31.4 Å². The molecule has 1 aliphatic heterocycles. The number of hydrogen-bond donors (Lipinski definition) is 0. The van der Waals surface area contributed by atoms with E-state index in [1.807, 2.05) is 6.92 Å². The summed E-state index contributed by atoms with van der Waals surface area (Å²) in [4.78, 5) is 24.8. The molecule has 108 valence electrons. The van der Waals surface area contributed by atoms with Crippen molar-refractivity contribution in [1.82, 2.24) is 9.97 Å². The summed E-state index contributed by atoms with van der Waals surface area (Å²) in [6.45, 7) is 3.33. The number of nitrogens with zero attached hydrogens (tertiary/aromatic N) is 4. The fourth-order valence-electron chi connectivity index (χ4n) is 3.26. The molecule has 0 aromatic carbocycles. The van der Waals surface area contributed by atoms with Crippen LogP contribution in [0.3, 0.4) is 0 Å². The number of carbonyl (C=O) groups excluding carboxylic acids is 1. The van der Waals surface area contributed by atoms with Crippen LogP contribution >= 0.6 is 11.6 Å². The molecule has 1 aliphatic carbocycles. The minimum Gasteiger partial charge on any atom is -0.351 e. The van der Waals surface area contributed by atoms with Gasteiger partial charge < -0.3 is 9.80 Å². The normalized spacial score (nSPS) is 20.2. The van der Waals surface area contributed by atoms with Gasteiger partial charge in [0.25, 0.3) is 0 Å². The summed E-state index contributed by atoms with van der Waals surface area (Å²) in [5.74, 6) is 0.963. The molecule has 0 N–H and O–H groups in total. The van der Waals surface area contributed by atoms with Gasteiger partial charge in [-0.25, -0.2) is 4.98 Å². The number of carbonyl (C=O) groups is 1. The van der Waals surface area contributed by atoms with Crippen molar-refractivity contribution in [3.63, 3.8) is 0 Å². The van der Waals surface area contributed by atoms with Crippen molar-refractivity contribution in [2.75, 3.05) is 22.9 Å². The summed E-state index contributed by atoms with van der Waals surface area (Å²) >= 11 is 5.98. The van der Waals surface area contributed by atoms with E-state index in [9.17, 15) is 4.79 Å². The summed E-state index contributed by atoms with van der Waals surface area (Å²) in [6.07, 6.45) is 7.04. The zero-order valence-corrected chi connectivity index (χ0v) is 12.4. The van der Waals surface area contributed by atoms with Crippen molar-refractivity contribution in [2.24, 2.45) is 0 Å². The highest BCUT2D eigenvalue weighted by atomic mass is 35.5. The molecule has 2 heterocycles. The second-order valence-electron chi connectivity index (χ2n) is 5.37. The van der Waals surface area contributed by atoms with Gasteiger partial charge in [0, 0.05) is 25.6 Å². The fraction of sp³-hybridized carbons (Fsp3) is 0.643. The van der Waals surface area contributed by atoms with Gasteiger partial charge in [0.1, 0.15) is 5.69 Å². The number of anilines is 2. The first-order valence-electron chi connectivity index (χ1n) is 7.30. The molecule has 1 saturated carbocycles. The van der Waals surface area contributed by atoms with Crippen LogP contribution in [0.2, 0.25) is 5.28 Å². The Morgan fingerprint density at radius 1 is 1.40 bits per heavy atom. The van der Waals surface area contributed by atoms with Crippen molar-refractivity contribution < 1.29 is 4.79 Å². The van der Waals surface area contributed by atoms with E-state index in [1.54, 1.807) is 11.1 Å². The largest absolute Gasteiger partial charge is 0.351 e. The van der Waals surface area contributed by atoms with Gasteiger partial charge in [0.15, 0.2) is 5.82 Å². The van der Waals surface area contributed by atoms with Crippen LogP contribution in [-0.4, -0.2) is 35.0 Å². The predicted molar refractivity (Wildman–Crippen MR) is 79.3 cm³/mol. The first-order valence-corrected chi connectivity index (χ1v) is 7.68. The molecule has 0 radical (unpaired) electrons. The molecule has 0 saturated heterocycles. The van der Waals surface area contributed by atoms with Crippen molar-refractivity contribution in [1.29, 1.82) is 0 Å². The molecule has 3 rings (SSSR count). The minimum atomic E-state index is 0.139. The summed E-state index contributed by atoms with van der Waals surface area (Å²) in [7, 11) is 0. The Balaban J connectivity index is 2.05. The van der Waals surface area contributed by atoms with E-state index >= 15 is 0 Å². The Hall–Kier alpha value is -1.36. The highest BCUT2D eigenvalue weighted by molar-refractivity contribution is 6.28. The standard InChI is InChI=1S/C14H19ClN4O/c1-2-18-11-9-16-14(15)17-13(11)19(8-7-12(18)20)10-5-3-4-6-10/h9-10H,2-8H2,1H3. The van der Waals surface area contributed by atoms with Crippen molar-refractivity contribution in [3.05, 3.63) is 11.5 Å². The van der Waals surface area contributed by atoms with E-state index in [4.69, 9.17) is 11.6 Å². The molecule has 0 spiro atoms. The zero-order valence-electron chi connectivity index (χ0n) is 11.7. The van der Waals surface area contributed by atoms with Gasteiger partial charge in [-0.3, -0.25) is 4.79 Å². The molecule has 0 atom stereocenters. The second kappa shape index (κ2) is 5.56. The molecule has 5 nitrogen and oxygen atoms in total. The Bertz CT molecular complexity index is 516. The summed E-state index contributed by atoms with van der Waals surface area (Å²) in [5.41, 5.74) is 0.798. The van der Waals surface area contributed by atoms with Gasteiger partial charge in [-0.15, -0.1) is 0 Å². The number of hydrogen-bond acceptors (Lipinski definition) is 4. The molecule has 6 heteroatoms. The van der Waals surface area contributed by atoms with Gasteiger partial charge in [0.05, 0.1) is 6.20 Å². The lowest BCUT2D eigenvalue weighted by Crippen LogP contribution is -2.34. The lowest BCUT2D eigenvalue weighted by molar-refractivity contribution is -0.118. The predicted octanol–water partition coefficient (Wildman–Crippen LogP) is 2.64. The van der Waals surface area contributed by atoms with Gasteiger partial charge in [0.2, 0.25) is 11.2 Å². The van der Waals surface area contributed by atoms with Crippen LogP contribution in [0.15, 0.2) is 6.20 Å². The van der Waals surface area contributed by atoms with E-state index in [-0.39, 0.29) is 11.2 Å². The lowest BCUT2D eigenvalue weighted by atomic mass is 10.2. The number of halogens is 1. The van der Waals surface area contributed by atoms with Crippen molar-refractivity contribution in [2.45, 2.75) is 45.1 Å². The number of fused-ring (bicyclic) bond motifs is 1. The molecular weight excluding hydrogens is 276 g/mol. The SMILES string of the molecule is CCN1C(=O)CCN(C2CCCC2)c2nc(Cl)ncc21. The third-order valence-electron chi connectivity index (χ3n) is 4.23. The Morgan fingerprint density at radius 2 is 2.15 bits per heavy atom. The first kappa shape index (κ1) is 13.6. The molecule has 0 unspecified atom stereocenters. The topological polar surface area (TPSA) is 49.3 Å². The summed E-state index contributed by atoms with van der Waals surface area (Å²) in [6, 6.07) is 0.476. The first-order chi connectivity index (χ1) is 9.70. The fourth-order valence-corrected chi connectivity index (χ4v) is 3.39. The second-order valence-corrected chi connectivity index (χ2v) is 5.71. The minimum absolute atomic E-state index is 0.139. The molecule has 2 aliphatic rings. The van der Waals surface area contributed by atoms with E-state index in [1.165, 1.54) is 25.7 Å². The molecule has 1 aromatic heterocycles. The number of aromatic nitrogens is 2. The third kappa shape index (κ3) is 2.35. The monoisotopic (exact) mass is 294 g/mol. The Labute approximate surface area is 123 Å². The van der Waals surface area contributed by atoms with Gasteiger partial charge in [-0.1, -0.05) is 12.8 Å². The van der Waals surface area contributed by atoms with E-state index in [0.717, 1.165) is 18.1 Å². The zero-order chi connectivity index (χ0) is 14.1. The number of amides is 1. The molecule has 1 aromatic rings. The van der Waals surface area contributed by atoms with Crippen LogP contribution in [-0.2, 0) is 4.79 Å². The quantitative estimate of drug-likeness (QED) is 0.787. The third-order valence-corrected chi connectivity index (χ3v) is 4.41. The van der Waals surface area contributed by atoms with Gasteiger partial charge in [-0.2, -0.15) is 4.98 Å². The van der Waals surface area contributed by atoms with E-state index in [2.05, 4.69) is 14.9 Å².